The molecule has 2 atom stereocenters. The normalized spacial score (nSPS) is 21.1. The number of nitrogens with one attached hydrogen (secondary N) is 1. The molecule has 0 aliphatic carbocycles. The first-order chi connectivity index (χ1) is 10.7. The van der Waals surface area contributed by atoms with Crippen molar-refractivity contribution in [2.24, 2.45) is 11.8 Å². The van der Waals surface area contributed by atoms with Gasteiger partial charge in [-0.15, -0.1) is 0 Å². The average molecular weight is 333 g/mol. The van der Waals surface area contributed by atoms with E-state index in [1.807, 2.05) is 0 Å². The van der Waals surface area contributed by atoms with E-state index < -0.39 is 43.1 Å². The van der Waals surface area contributed by atoms with Crippen LogP contribution in [-0.2, 0) is 4.79 Å². The van der Waals surface area contributed by atoms with Crippen molar-refractivity contribution >= 4 is 17.7 Å². The first-order valence-electron chi connectivity index (χ1n) is 6.58. The molecule has 2 N–H and O–H groups in total. The van der Waals surface area contributed by atoms with Crippen molar-refractivity contribution in [1.29, 1.82) is 0 Å². The number of nitrogens with zero attached hydrogens (tertiary/aromatic N) is 2. The molecular formula is C13H14F3N3O4. The van der Waals surface area contributed by atoms with E-state index in [2.05, 4.69) is 10.3 Å². The summed E-state index contributed by atoms with van der Waals surface area (Å²) in [6.07, 6.45) is -3.32. The van der Waals surface area contributed by atoms with Gasteiger partial charge in [-0.05, 0) is 6.07 Å². The Morgan fingerprint density at radius 1 is 1.43 bits per heavy atom. The minimum absolute atomic E-state index is 0.223. The molecule has 0 saturated carbocycles. The zero-order chi connectivity index (χ0) is 17.2. The van der Waals surface area contributed by atoms with Gasteiger partial charge in [-0.25, -0.2) is 9.78 Å². The molecule has 1 fully saturated rings. The molecular weight excluding hydrogens is 319 g/mol. The van der Waals surface area contributed by atoms with E-state index in [4.69, 9.17) is 9.84 Å². The number of pyridine rings is 1. The molecule has 0 spiro atoms. The van der Waals surface area contributed by atoms with Crippen LogP contribution in [0.15, 0.2) is 18.3 Å². The minimum atomic E-state index is -4.68. The summed E-state index contributed by atoms with van der Waals surface area (Å²) < 4.78 is 43.5. The number of aromatic nitrogens is 1. The SMILES string of the molecule is COc1cc(NC(=O)N2C[C@@H](C(F)(F)F)[C@H](C(=O)O)C2)ccn1. The Balaban J connectivity index is 2.09. The van der Waals surface area contributed by atoms with Crippen molar-refractivity contribution in [3.63, 3.8) is 0 Å². The number of urea groups is 1. The van der Waals surface area contributed by atoms with Gasteiger partial charge < -0.3 is 20.1 Å². The summed E-state index contributed by atoms with van der Waals surface area (Å²) in [6.45, 7) is -1.21. The molecule has 2 amide bonds. The lowest BCUT2D eigenvalue weighted by molar-refractivity contribution is -0.187. The molecule has 126 valence electrons. The summed E-state index contributed by atoms with van der Waals surface area (Å²) in [5.41, 5.74) is 0.282. The van der Waals surface area contributed by atoms with Crippen molar-refractivity contribution in [1.82, 2.24) is 9.88 Å². The highest BCUT2D eigenvalue weighted by Gasteiger charge is 2.53. The Morgan fingerprint density at radius 3 is 2.65 bits per heavy atom. The number of anilines is 1. The van der Waals surface area contributed by atoms with Crippen LogP contribution < -0.4 is 10.1 Å². The molecule has 10 heteroatoms. The van der Waals surface area contributed by atoms with Crippen LogP contribution in [0.5, 0.6) is 5.88 Å². The summed E-state index contributed by atoms with van der Waals surface area (Å²) in [5.74, 6) is -5.11. The molecule has 7 nitrogen and oxygen atoms in total. The molecule has 1 saturated heterocycles. The van der Waals surface area contributed by atoms with Gasteiger partial charge >= 0.3 is 18.2 Å². The number of alkyl halides is 3. The summed E-state index contributed by atoms with van der Waals surface area (Å²) in [7, 11) is 1.37. The number of halogens is 3. The summed E-state index contributed by atoms with van der Waals surface area (Å²) in [4.78, 5) is 27.7. The summed E-state index contributed by atoms with van der Waals surface area (Å²) >= 11 is 0. The number of aliphatic carboxylic acids is 1. The molecule has 2 rings (SSSR count). The van der Waals surface area contributed by atoms with Gasteiger partial charge in [-0.1, -0.05) is 0 Å². The Bertz CT molecular complexity index is 608. The highest BCUT2D eigenvalue weighted by atomic mass is 19.4. The molecule has 23 heavy (non-hydrogen) atoms. The molecule has 1 aromatic heterocycles. The third kappa shape index (κ3) is 3.82. The van der Waals surface area contributed by atoms with E-state index in [0.29, 0.717) is 0 Å². The molecule has 1 aliphatic heterocycles. The Morgan fingerprint density at radius 2 is 2.13 bits per heavy atom. The van der Waals surface area contributed by atoms with E-state index in [0.717, 1.165) is 4.90 Å². The van der Waals surface area contributed by atoms with Crippen molar-refractivity contribution < 1.29 is 32.6 Å². The number of likely N-dealkylation sites (tertiary alicyclic amines) is 1. The summed E-state index contributed by atoms with van der Waals surface area (Å²) in [6, 6.07) is 2.02. The van der Waals surface area contributed by atoms with Crippen LogP contribution in [0.2, 0.25) is 0 Å². The number of methoxy groups -OCH3 is 1. The maximum atomic E-state index is 12.9. The topological polar surface area (TPSA) is 91.8 Å². The first-order valence-corrected chi connectivity index (χ1v) is 6.58. The zero-order valence-corrected chi connectivity index (χ0v) is 12.0. The fourth-order valence-corrected chi connectivity index (χ4v) is 2.35. The Kier molecular flexibility index (Phi) is 4.62. The zero-order valence-electron chi connectivity index (χ0n) is 12.0. The number of carboxylic acid groups (broad SMARTS) is 1. The van der Waals surface area contributed by atoms with Crippen LogP contribution in [-0.4, -0.2) is 53.4 Å². The number of hydrogen-bond acceptors (Lipinski definition) is 4. The van der Waals surface area contributed by atoms with Gasteiger partial charge in [0.25, 0.3) is 0 Å². The lowest BCUT2D eigenvalue weighted by Crippen LogP contribution is -2.35. The van der Waals surface area contributed by atoms with Crippen LogP contribution in [0, 0.1) is 11.8 Å². The number of ether oxygens (including phenoxy) is 1. The maximum Gasteiger partial charge on any atom is 0.394 e. The van der Waals surface area contributed by atoms with Crippen molar-refractivity contribution in [3.8, 4) is 5.88 Å². The lowest BCUT2D eigenvalue weighted by atomic mass is 9.96. The van der Waals surface area contributed by atoms with E-state index in [-0.39, 0.29) is 11.6 Å². The average Bonchev–Trinajstić information content (AvgIpc) is 2.93. The standard InChI is InChI=1S/C13H14F3N3O4/c1-23-10-4-7(2-3-17-10)18-12(22)19-5-8(11(20)21)9(6-19)13(14,15)16/h2-4,8-9H,5-6H2,1H3,(H,20,21)(H,17,18,22)/t8-,9-/m1/s1. The molecule has 0 unspecified atom stereocenters. The molecule has 1 aliphatic rings. The van der Waals surface area contributed by atoms with Gasteiger partial charge in [0.1, 0.15) is 0 Å². The number of hydrogen-bond donors (Lipinski definition) is 2. The maximum absolute atomic E-state index is 12.9. The van der Waals surface area contributed by atoms with E-state index in [1.165, 1.54) is 25.4 Å². The van der Waals surface area contributed by atoms with Crippen molar-refractivity contribution in [2.45, 2.75) is 6.18 Å². The van der Waals surface area contributed by atoms with Gasteiger partial charge in [0, 0.05) is 31.0 Å². The molecule has 1 aromatic rings. The highest BCUT2D eigenvalue weighted by molar-refractivity contribution is 5.90. The second kappa shape index (κ2) is 6.31. The predicted molar refractivity (Wildman–Crippen MR) is 72.1 cm³/mol. The molecule has 2 heterocycles. The van der Waals surface area contributed by atoms with Crippen molar-refractivity contribution in [2.75, 3.05) is 25.5 Å². The Hall–Kier alpha value is -2.52. The van der Waals surface area contributed by atoms with E-state index >= 15 is 0 Å². The molecule has 0 radical (unpaired) electrons. The van der Waals surface area contributed by atoms with E-state index in [1.54, 1.807) is 0 Å². The number of rotatable bonds is 3. The van der Waals surface area contributed by atoms with Gasteiger partial charge in [-0.3, -0.25) is 4.79 Å². The third-order valence-corrected chi connectivity index (χ3v) is 3.54. The highest BCUT2D eigenvalue weighted by Crippen LogP contribution is 2.37. The number of carbonyl (C=O) groups is 2. The molecule has 0 bridgehead atoms. The van der Waals surface area contributed by atoms with Crippen molar-refractivity contribution in [3.05, 3.63) is 18.3 Å². The van der Waals surface area contributed by atoms with Gasteiger partial charge in [-0.2, -0.15) is 13.2 Å². The van der Waals surface area contributed by atoms with Crippen LogP contribution in [0.3, 0.4) is 0 Å². The second-order valence-electron chi connectivity index (χ2n) is 5.01. The quantitative estimate of drug-likeness (QED) is 0.880. The third-order valence-electron chi connectivity index (χ3n) is 3.54. The summed E-state index contributed by atoms with van der Waals surface area (Å²) in [5, 5.41) is 11.3. The van der Waals surface area contributed by atoms with Crippen LogP contribution in [0.4, 0.5) is 23.7 Å². The fourth-order valence-electron chi connectivity index (χ4n) is 2.35. The largest absolute Gasteiger partial charge is 0.481 e. The predicted octanol–water partition coefficient (Wildman–Crippen LogP) is 1.82. The number of carboxylic acids is 1. The van der Waals surface area contributed by atoms with Gasteiger partial charge in [0.2, 0.25) is 5.88 Å². The molecule has 0 aromatic carbocycles. The first kappa shape index (κ1) is 16.8. The minimum Gasteiger partial charge on any atom is -0.481 e. The second-order valence-corrected chi connectivity index (χ2v) is 5.01. The fraction of sp³-hybridized carbons (Fsp3) is 0.462. The monoisotopic (exact) mass is 333 g/mol. The smallest absolute Gasteiger partial charge is 0.394 e. The van der Waals surface area contributed by atoms with Gasteiger partial charge in [0.15, 0.2) is 0 Å². The van der Waals surface area contributed by atoms with Crippen LogP contribution in [0.1, 0.15) is 0 Å². The number of amides is 2. The Labute approximate surface area is 129 Å². The number of carbonyl (C=O) groups excluding carboxylic acids is 1. The van der Waals surface area contributed by atoms with Gasteiger partial charge in [0.05, 0.1) is 18.9 Å². The van der Waals surface area contributed by atoms with Crippen LogP contribution >= 0.6 is 0 Å². The van der Waals surface area contributed by atoms with Crippen LogP contribution in [0.25, 0.3) is 0 Å². The lowest BCUT2D eigenvalue weighted by Gasteiger charge is -2.18. The van der Waals surface area contributed by atoms with E-state index in [9.17, 15) is 22.8 Å².